The van der Waals surface area contributed by atoms with Crippen molar-refractivity contribution in [2.75, 3.05) is 19.0 Å². The highest BCUT2D eigenvalue weighted by molar-refractivity contribution is 5.88. The Balaban J connectivity index is 0.000000276. The van der Waals surface area contributed by atoms with Gasteiger partial charge in [-0.3, -0.25) is 14.5 Å². The van der Waals surface area contributed by atoms with Gasteiger partial charge in [0.15, 0.2) is 5.60 Å². The molecule has 0 spiro atoms. The Morgan fingerprint density at radius 3 is 1.97 bits per heavy atom. The quantitative estimate of drug-likeness (QED) is 0.304. The fourth-order valence-electron chi connectivity index (χ4n) is 5.22. The van der Waals surface area contributed by atoms with Crippen LogP contribution in [0.15, 0.2) is 36.7 Å². The van der Waals surface area contributed by atoms with Crippen LogP contribution in [0, 0.1) is 5.82 Å². The second-order valence-corrected chi connectivity index (χ2v) is 10.2. The topological polar surface area (TPSA) is 185 Å². The third-order valence-corrected chi connectivity index (χ3v) is 7.04. The first kappa shape index (κ1) is 29.9. The number of carboxylic acids is 3. The van der Waals surface area contributed by atoms with Gasteiger partial charge in [-0.1, -0.05) is 18.2 Å². The molecule has 12 nitrogen and oxygen atoms in total. The number of aliphatic carboxylic acids is 3. The molecule has 1 aromatic carbocycles. The highest BCUT2D eigenvalue weighted by atomic mass is 19.1. The van der Waals surface area contributed by atoms with Crippen molar-refractivity contribution in [3.8, 4) is 0 Å². The van der Waals surface area contributed by atoms with Crippen molar-refractivity contribution in [1.29, 1.82) is 0 Å². The van der Waals surface area contributed by atoms with Crippen LogP contribution in [0.5, 0.6) is 0 Å². The van der Waals surface area contributed by atoms with Crippen LogP contribution >= 0.6 is 0 Å². The standard InChI is InChI=1S/C20H25FN4O.C6H8O7/c1-24(2)19-22-11-14(12-23-19)13-25-15-7-8-16(25)10-20(26,9-15)17-5-3-4-6-18(17)21;7-3(8)1-6(13,5(11)12)2-4(9)10/h3-6,11-12,15-16,26H,7-10,13H2,1-2H3;13H,1-2H2,(H,7,8)(H,9,10)(H,11,12). The van der Waals surface area contributed by atoms with Crippen LogP contribution in [-0.2, 0) is 26.5 Å². The first-order valence-electron chi connectivity index (χ1n) is 12.3. The molecule has 5 N–H and O–H groups in total. The van der Waals surface area contributed by atoms with E-state index >= 15 is 0 Å². The van der Waals surface area contributed by atoms with Crippen LogP contribution in [0.3, 0.4) is 0 Å². The van der Waals surface area contributed by atoms with Gasteiger partial charge in [-0.25, -0.2) is 19.2 Å². The summed E-state index contributed by atoms with van der Waals surface area (Å²) in [5.41, 5.74) is -2.30. The normalized spacial score (nSPS) is 22.5. The molecule has 2 fully saturated rings. The SMILES string of the molecule is CN(C)c1ncc(CN2C3CCC2CC(O)(c2ccccc2F)C3)cn1.O=C(O)CC(O)(CC(=O)O)C(=O)O. The highest BCUT2D eigenvalue weighted by Gasteiger charge is 2.49. The number of hydrogen-bond acceptors (Lipinski definition) is 9. The average Bonchev–Trinajstić information content (AvgIpc) is 3.08. The molecule has 4 rings (SSSR count). The summed E-state index contributed by atoms with van der Waals surface area (Å²) in [6.45, 7) is 0.774. The van der Waals surface area contributed by atoms with Gasteiger partial charge >= 0.3 is 17.9 Å². The lowest BCUT2D eigenvalue weighted by molar-refractivity contribution is -0.170. The van der Waals surface area contributed by atoms with Crippen LogP contribution in [-0.4, -0.2) is 90.1 Å². The number of carboxylic acid groups (broad SMARTS) is 3. The van der Waals surface area contributed by atoms with E-state index in [2.05, 4.69) is 14.9 Å². The zero-order valence-electron chi connectivity index (χ0n) is 21.7. The van der Waals surface area contributed by atoms with Crippen LogP contribution in [0.25, 0.3) is 0 Å². The predicted octanol–water partition coefficient (Wildman–Crippen LogP) is 1.45. The van der Waals surface area contributed by atoms with Crippen LogP contribution < -0.4 is 4.90 Å². The van der Waals surface area contributed by atoms with Gasteiger partial charge in [-0.05, 0) is 31.7 Å². The number of nitrogens with zero attached hydrogens (tertiary/aromatic N) is 4. The van der Waals surface area contributed by atoms with Crippen molar-refractivity contribution in [2.45, 2.75) is 68.4 Å². The molecule has 3 heterocycles. The number of piperidine rings is 1. The summed E-state index contributed by atoms with van der Waals surface area (Å²) in [6.07, 6.45) is 4.68. The molecule has 39 heavy (non-hydrogen) atoms. The Hall–Kier alpha value is -3.68. The zero-order valence-corrected chi connectivity index (χ0v) is 21.7. The van der Waals surface area contributed by atoms with Crippen molar-refractivity contribution in [2.24, 2.45) is 0 Å². The van der Waals surface area contributed by atoms with Crippen molar-refractivity contribution >= 4 is 23.9 Å². The number of rotatable bonds is 9. The molecule has 0 aliphatic carbocycles. The lowest BCUT2D eigenvalue weighted by atomic mass is 9.80. The lowest BCUT2D eigenvalue weighted by Gasteiger charge is -2.44. The maximum absolute atomic E-state index is 14.2. The molecule has 2 unspecified atom stereocenters. The van der Waals surface area contributed by atoms with Gasteiger partial charge in [-0.15, -0.1) is 0 Å². The Bertz CT molecular complexity index is 1160. The first-order valence-corrected chi connectivity index (χ1v) is 12.3. The molecule has 2 aromatic rings. The molecule has 2 bridgehead atoms. The van der Waals surface area contributed by atoms with Crippen molar-refractivity contribution in [3.63, 3.8) is 0 Å². The van der Waals surface area contributed by atoms with E-state index in [9.17, 15) is 23.9 Å². The largest absolute Gasteiger partial charge is 0.481 e. The summed E-state index contributed by atoms with van der Waals surface area (Å²) in [5, 5.41) is 45.0. The minimum atomic E-state index is -2.74. The second kappa shape index (κ2) is 12.0. The summed E-state index contributed by atoms with van der Waals surface area (Å²) >= 11 is 0. The minimum absolute atomic E-state index is 0.256. The molecule has 212 valence electrons. The Kier molecular flexibility index (Phi) is 9.20. The van der Waals surface area contributed by atoms with Gasteiger partial charge in [0, 0.05) is 56.2 Å². The maximum Gasteiger partial charge on any atom is 0.336 e. The number of anilines is 1. The highest BCUT2D eigenvalue weighted by Crippen LogP contribution is 2.46. The third-order valence-electron chi connectivity index (χ3n) is 7.04. The number of fused-ring (bicyclic) bond motifs is 2. The predicted molar refractivity (Wildman–Crippen MR) is 135 cm³/mol. The molecule has 1 aromatic heterocycles. The van der Waals surface area contributed by atoms with E-state index in [0.29, 0.717) is 24.4 Å². The maximum atomic E-state index is 14.2. The molecule has 0 saturated carbocycles. The van der Waals surface area contributed by atoms with Gasteiger partial charge in [0.05, 0.1) is 18.4 Å². The first-order chi connectivity index (χ1) is 18.2. The molecule has 0 amide bonds. The van der Waals surface area contributed by atoms with Crippen LogP contribution in [0.2, 0.25) is 0 Å². The number of benzene rings is 1. The van der Waals surface area contributed by atoms with E-state index in [1.54, 1.807) is 18.2 Å². The van der Waals surface area contributed by atoms with Crippen molar-refractivity contribution in [1.82, 2.24) is 14.9 Å². The monoisotopic (exact) mass is 548 g/mol. The Morgan fingerprint density at radius 2 is 1.54 bits per heavy atom. The fraction of sp³-hybridized carbons (Fsp3) is 0.500. The average molecular weight is 549 g/mol. The fourth-order valence-corrected chi connectivity index (χ4v) is 5.22. The molecule has 2 atom stereocenters. The van der Waals surface area contributed by atoms with Crippen molar-refractivity contribution in [3.05, 3.63) is 53.6 Å². The zero-order chi connectivity index (χ0) is 29.0. The summed E-state index contributed by atoms with van der Waals surface area (Å²) in [4.78, 5) is 43.6. The van der Waals surface area contributed by atoms with E-state index < -0.39 is 42.0 Å². The second-order valence-electron chi connectivity index (χ2n) is 10.2. The molecule has 2 aliphatic rings. The van der Waals surface area contributed by atoms with Crippen LogP contribution in [0.4, 0.5) is 10.3 Å². The Morgan fingerprint density at radius 1 is 1.03 bits per heavy atom. The summed E-state index contributed by atoms with van der Waals surface area (Å²) in [7, 11) is 3.84. The molecule has 0 radical (unpaired) electrons. The summed E-state index contributed by atoms with van der Waals surface area (Å²) in [5.74, 6) is -4.63. The van der Waals surface area contributed by atoms with Gasteiger partial charge in [0.25, 0.3) is 0 Å². The number of hydrogen-bond donors (Lipinski definition) is 5. The smallest absolute Gasteiger partial charge is 0.336 e. The molecule has 13 heteroatoms. The lowest BCUT2D eigenvalue weighted by Crippen LogP contribution is -2.49. The van der Waals surface area contributed by atoms with Crippen molar-refractivity contribution < 1.29 is 44.3 Å². The number of halogens is 1. The molecular weight excluding hydrogens is 515 g/mol. The van der Waals surface area contributed by atoms with E-state index in [-0.39, 0.29) is 17.9 Å². The van der Waals surface area contributed by atoms with E-state index in [1.165, 1.54) is 6.07 Å². The van der Waals surface area contributed by atoms with E-state index in [1.807, 2.05) is 31.4 Å². The van der Waals surface area contributed by atoms with Gasteiger partial charge in [0.1, 0.15) is 5.82 Å². The van der Waals surface area contributed by atoms with E-state index in [0.717, 1.165) is 24.9 Å². The minimum Gasteiger partial charge on any atom is -0.481 e. The Labute approximate surface area is 224 Å². The summed E-state index contributed by atoms with van der Waals surface area (Å²) in [6, 6.07) is 7.14. The summed E-state index contributed by atoms with van der Waals surface area (Å²) < 4.78 is 14.2. The number of aromatic nitrogens is 2. The van der Waals surface area contributed by atoms with Gasteiger partial charge < -0.3 is 30.4 Å². The third kappa shape index (κ3) is 7.25. The molecule has 2 saturated heterocycles. The molecule has 2 aliphatic heterocycles. The number of aliphatic hydroxyl groups is 2. The number of carbonyl (C=O) groups is 3. The van der Waals surface area contributed by atoms with Crippen LogP contribution in [0.1, 0.15) is 49.7 Å². The van der Waals surface area contributed by atoms with E-state index in [4.69, 9.17) is 20.4 Å². The van der Waals surface area contributed by atoms with Gasteiger partial charge in [-0.2, -0.15) is 0 Å². The van der Waals surface area contributed by atoms with Gasteiger partial charge in [0.2, 0.25) is 5.95 Å². The molecular formula is C26H33FN4O8.